The van der Waals surface area contributed by atoms with Gasteiger partial charge < -0.3 is 25.6 Å². The molecule has 12 heteroatoms. The molecule has 0 unspecified atom stereocenters. The van der Waals surface area contributed by atoms with Gasteiger partial charge in [-0.2, -0.15) is 9.97 Å². The van der Waals surface area contributed by atoms with Gasteiger partial charge in [-0.05, 0) is 38.4 Å². The molecule has 186 valence electrons. The first-order valence-electron chi connectivity index (χ1n) is 11.2. The van der Waals surface area contributed by atoms with Gasteiger partial charge in [-0.15, -0.1) is 0 Å². The molecule has 1 aliphatic heterocycles. The summed E-state index contributed by atoms with van der Waals surface area (Å²) in [7, 11) is 4.11. The fraction of sp³-hybridized carbons (Fsp3) is 0.250. The van der Waals surface area contributed by atoms with Gasteiger partial charge in [-0.3, -0.25) is 0 Å². The quantitative estimate of drug-likeness (QED) is 0.389. The highest BCUT2D eigenvalue weighted by molar-refractivity contribution is 6.37. The van der Waals surface area contributed by atoms with Crippen molar-refractivity contribution in [3.63, 3.8) is 0 Å². The van der Waals surface area contributed by atoms with Crippen LogP contribution in [0.15, 0.2) is 47.4 Å². The van der Waals surface area contributed by atoms with Crippen LogP contribution in [0.5, 0.6) is 5.75 Å². The fourth-order valence-electron chi connectivity index (χ4n) is 4.02. The molecule has 0 aliphatic carbocycles. The average Bonchev–Trinajstić information content (AvgIpc) is 2.84. The Morgan fingerprint density at radius 2 is 1.94 bits per heavy atom. The zero-order chi connectivity index (χ0) is 25.4. The fourth-order valence-corrected chi connectivity index (χ4v) is 4.59. The van der Waals surface area contributed by atoms with Gasteiger partial charge in [0.25, 0.3) is 0 Å². The first kappa shape index (κ1) is 24.1. The maximum atomic E-state index is 12.9. The van der Waals surface area contributed by atoms with E-state index in [-0.39, 0.29) is 33.1 Å². The summed E-state index contributed by atoms with van der Waals surface area (Å²) in [4.78, 5) is 30.2. The van der Waals surface area contributed by atoms with Crippen LogP contribution in [0.3, 0.4) is 0 Å². The predicted octanol–water partition coefficient (Wildman–Crippen LogP) is 3.57. The molecule has 4 aromatic rings. The van der Waals surface area contributed by atoms with Crippen LogP contribution in [-0.4, -0.2) is 64.8 Å². The molecule has 0 amide bonds. The Hall–Kier alpha value is -3.60. The van der Waals surface area contributed by atoms with Gasteiger partial charge >= 0.3 is 5.69 Å². The van der Waals surface area contributed by atoms with Gasteiger partial charge in [0.05, 0.1) is 33.4 Å². The van der Waals surface area contributed by atoms with E-state index >= 15 is 0 Å². The summed E-state index contributed by atoms with van der Waals surface area (Å²) >= 11 is 12.6. The number of hydrogen-bond acceptors (Lipinski definition) is 9. The zero-order valence-corrected chi connectivity index (χ0v) is 21.2. The molecule has 0 saturated carbocycles. The highest BCUT2D eigenvalue weighted by atomic mass is 35.5. The summed E-state index contributed by atoms with van der Waals surface area (Å²) in [6.07, 6.45) is 1.51. The lowest BCUT2D eigenvalue weighted by Gasteiger charge is -2.32. The second-order valence-electron chi connectivity index (χ2n) is 8.56. The minimum absolute atomic E-state index is 0.0894. The molecule has 0 atom stereocenters. The standard InChI is InChI=1S/C24H24Cl2N8O2/c1-32(2)8-9-33-10-11-36-19-12-14(6-7-18(19)33)29-23-28-13-15-21(27)34(24(35)31-22(15)30-23)20-16(25)4-3-5-17(20)26/h3-7,12-13H,8-11,27H2,1-2H3,(H,29,30,31,35). The van der Waals surface area contributed by atoms with Crippen molar-refractivity contribution in [1.82, 2.24) is 24.4 Å². The lowest BCUT2D eigenvalue weighted by molar-refractivity contribution is 0.303. The number of likely N-dealkylation sites (N-methyl/N-ethyl adjacent to an activating group) is 1. The van der Waals surface area contributed by atoms with Gasteiger partial charge in [0.15, 0.2) is 5.65 Å². The van der Waals surface area contributed by atoms with E-state index in [2.05, 4.69) is 44.2 Å². The zero-order valence-electron chi connectivity index (χ0n) is 19.7. The van der Waals surface area contributed by atoms with E-state index in [0.29, 0.717) is 12.0 Å². The lowest BCUT2D eigenvalue weighted by Crippen LogP contribution is -2.37. The Labute approximate surface area is 217 Å². The summed E-state index contributed by atoms with van der Waals surface area (Å²) in [6, 6.07) is 10.8. The van der Waals surface area contributed by atoms with E-state index in [1.165, 1.54) is 6.20 Å². The van der Waals surface area contributed by atoms with Gasteiger partial charge in [0.2, 0.25) is 5.95 Å². The third-order valence-corrected chi connectivity index (χ3v) is 6.44. The maximum Gasteiger partial charge on any atom is 0.355 e. The molecule has 10 nitrogen and oxygen atoms in total. The summed E-state index contributed by atoms with van der Waals surface area (Å²) in [5.74, 6) is 1.14. The van der Waals surface area contributed by atoms with E-state index < -0.39 is 5.69 Å². The number of nitrogens with one attached hydrogen (secondary N) is 1. The molecule has 0 radical (unpaired) electrons. The Kier molecular flexibility index (Phi) is 6.57. The van der Waals surface area contributed by atoms with Crippen molar-refractivity contribution in [3.05, 3.63) is 63.1 Å². The van der Waals surface area contributed by atoms with E-state index in [1.807, 2.05) is 18.2 Å². The van der Waals surface area contributed by atoms with E-state index in [9.17, 15) is 4.79 Å². The topological polar surface area (TPSA) is 114 Å². The number of ether oxygens (including phenoxy) is 1. The van der Waals surface area contributed by atoms with Crippen LogP contribution >= 0.6 is 23.2 Å². The van der Waals surface area contributed by atoms with Crippen LogP contribution in [0.2, 0.25) is 10.0 Å². The van der Waals surface area contributed by atoms with Crippen LogP contribution in [-0.2, 0) is 0 Å². The number of aromatic nitrogens is 4. The monoisotopic (exact) mass is 526 g/mol. The van der Waals surface area contributed by atoms with Crippen molar-refractivity contribution in [1.29, 1.82) is 0 Å². The molecule has 3 heterocycles. The SMILES string of the molecule is CN(C)CCN1CCOc2cc(Nc3ncc4c(N)n(-c5c(Cl)cccc5Cl)c(=O)nc4n3)ccc21. The molecule has 0 bridgehead atoms. The summed E-state index contributed by atoms with van der Waals surface area (Å²) < 4.78 is 7.04. The Morgan fingerprint density at radius 1 is 1.17 bits per heavy atom. The molecule has 5 rings (SSSR count). The van der Waals surface area contributed by atoms with Crippen LogP contribution in [0.1, 0.15) is 0 Å². The summed E-state index contributed by atoms with van der Waals surface area (Å²) in [5.41, 5.74) is 7.85. The van der Waals surface area contributed by atoms with Crippen molar-refractivity contribution < 1.29 is 4.74 Å². The molecule has 0 fully saturated rings. The molecular weight excluding hydrogens is 503 g/mol. The van der Waals surface area contributed by atoms with E-state index in [4.69, 9.17) is 33.7 Å². The molecule has 0 spiro atoms. The summed E-state index contributed by atoms with van der Waals surface area (Å²) in [5, 5.41) is 4.08. The third-order valence-electron chi connectivity index (χ3n) is 5.83. The molecular formula is C24H24Cl2N8O2. The number of rotatable bonds is 6. The molecule has 36 heavy (non-hydrogen) atoms. The first-order valence-corrected chi connectivity index (χ1v) is 12.0. The van der Waals surface area contributed by atoms with Crippen molar-refractivity contribution in [2.45, 2.75) is 0 Å². The first-order chi connectivity index (χ1) is 17.3. The smallest absolute Gasteiger partial charge is 0.355 e. The molecule has 2 aromatic heterocycles. The molecule has 3 N–H and O–H groups in total. The van der Waals surface area contributed by atoms with E-state index in [0.717, 1.165) is 41.3 Å². The Morgan fingerprint density at radius 3 is 2.69 bits per heavy atom. The molecule has 0 saturated heterocycles. The minimum atomic E-state index is -0.653. The number of para-hydroxylation sites is 1. The van der Waals surface area contributed by atoms with Crippen LogP contribution in [0.25, 0.3) is 16.7 Å². The number of hydrogen-bond donors (Lipinski definition) is 2. The summed E-state index contributed by atoms with van der Waals surface area (Å²) in [6.45, 7) is 3.31. The largest absolute Gasteiger partial charge is 0.489 e. The van der Waals surface area contributed by atoms with E-state index in [1.54, 1.807) is 18.2 Å². The number of halogens is 2. The van der Waals surface area contributed by atoms with Crippen LogP contribution in [0.4, 0.5) is 23.1 Å². The number of nitrogens with zero attached hydrogens (tertiary/aromatic N) is 6. The second kappa shape index (κ2) is 9.81. The highest BCUT2D eigenvalue weighted by Crippen LogP contribution is 2.35. The normalized spacial score (nSPS) is 13.1. The van der Waals surface area contributed by atoms with Crippen molar-refractivity contribution in [2.24, 2.45) is 0 Å². The Bertz CT molecular complexity index is 1490. The van der Waals surface area contributed by atoms with Gasteiger partial charge in [0, 0.05) is 31.0 Å². The van der Waals surface area contributed by atoms with Crippen LogP contribution in [0, 0.1) is 0 Å². The minimum Gasteiger partial charge on any atom is -0.489 e. The van der Waals surface area contributed by atoms with Crippen LogP contribution < -0.4 is 26.4 Å². The van der Waals surface area contributed by atoms with Crippen molar-refractivity contribution in [3.8, 4) is 11.4 Å². The molecule has 2 aromatic carbocycles. The number of fused-ring (bicyclic) bond motifs is 2. The predicted molar refractivity (Wildman–Crippen MR) is 143 cm³/mol. The molecule has 1 aliphatic rings. The highest BCUT2D eigenvalue weighted by Gasteiger charge is 2.20. The number of nitrogens with two attached hydrogens (primary N) is 1. The van der Waals surface area contributed by atoms with Crippen molar-refractivity contribution >= 4 is 57.4 Å². The third kappa shape index (κ3) is 4.62. The van der Waals surface area contributed by atoms with Gasteiger partial charge in [0.1, 0.15) is 18.2 Å². The number of benzene rings is 2. The van der Waals surface area contributed by atoms with Gasteiger partial charge in [-0.1, -0.05) is 29.3 Å². The Balaban J connectivity index is 1.45. The van der Waals surface area contributed by atoms with Gasteiger partial charge in [-0.25, -0.2) is 14.3 Å². The van der Waals surface area contributed by atoms with Crippen molar-refractivity contribution in [2.75, 3.05) is 56.3 Å². The number of nitrogen functional groups attached to an aromatic ring is 1. The average molecular weight is 527 g/mol. The second-order valence-corrected chi connectivity index (χ2v) is 9.38. The maximum absolute atomic E-state index is 12.9. The number of anilines is 4. The lowest BCUT2D eigenvalue weighted by atomic mass is 10.2.